The molecule has 16 rings (SSSR count). The van der Waals surface area contributed by atoms with Gasteiger partial charge in [0.2, 0.25) is 20.0 Å². The third-order valence-corrected chi connectivity index (χ3v) is 22.4. The molecule has 0 amide bonds. The summed E-state index contributed by atoms with van der Waals surface area (Å²) in [7, 11) is -8.44. The van der Waals surface area contributed by atoms with Crippen LogP contribution in [0.25, 0.3) is 77.9 Å². The van der Waals surface area contributed by atoms with Crippen LogP contribution in [0.4, 0.5) is 69.7 Å². The molecule has 6 N–H and O–H groups in total. The molecule has 4 aliphatic heterocycles. The summed E-state index contributed by atoms with van der Waals surface area (Å²) < 4.78 is 240. The summed E-state index contributed by atoms with van der Waals surface area (Å²) in [4.78, 5) is 2.73. The van der Waals surface area contributed by atoms with Crippen LogP contribution < -0.4 is 51.0 Å². The minimum atomic E-state index is -4.04. The topological polar surface area (TPSA) is 285 Å². The normalized spacial score (nSPS) is 15.7. The number of nitrogens with one attached hydrogen (secondary N) is 5. The van der Waals surface area contributed by atoms with Crippen LogP contribution in [0.2, 0.25) is 0 Å². The second-order valence-electron chi connectivity index (χ2n) is 28.9. The van der Waals surface area contributed by atoms with Gasteiger partial charge in [-0.25, -0.2) is 77.5 Å². The average Bonchev–Trinajstić information content (AvgIpc) is 1.68. The van der Waals surface area contributed by atoms with E-state index in [9.17, 15) is 60.7 Å². The number of hydrogen-bond acceptors (Lipinski definition) is 16. The zero-order chi connectivity index (χ0) is 80.8. The van der Waals surface area contributed by atoms with Gasteiger partial charge in [-0.05, 0) is 136 Å². The number of H-pyrrole nitrogens is 1. The van der Waals surface area contributed by atoms with Gasteiger partial charge in [0.15, 0.2) is 17.5 Å². The van der Waals surface area contributed by atoms with Crippen molar-refractivity contribution in [2.24, 2.45) is 0 Å². The number of hydrogen-bond donors (Lipinski definition) is 5. The van der Waals surface area contributed by atoms with E-state index in [0.717, 1.165) is 34.8 Å². The van der Waals surface area contributed by atoms with Crippen LogP contribution in [-0.2, 0) is 46.0 Å². The number of para-hydroxylation sites is 3. The largest absolute Gasteiger partial charge is 1.00 e. The summed E-state index contributed by atoms with van der Waals surface area (Å²) in [5.74, 6) is 2.64. The quantitative estimate of drug-likeness (QED) is 0.0537. The number of aryl methyl sites for hydroxylation is 3. The Hall–Kier alpha value is -8.80. The molecule has 4 aliphatic rings. The van der Waals surface area contributed by atoms with E-state index in [4.69, 9.17) is 20.4 Å². The third kappa shape index (κ3) is 14.2. The predicted molar refractivity (Wildman–Crippen MR) is 393 cm³/mol. The van der Waals surface area contributed by atoms with Gasteiger partial charge < -0.3 is 41.3 Å². The maximum Gasteiger partial charge on any atom is 1.00 e. The maximum absolute atomic E-state index is 15.6. The SMILES string of the molecule is CC1(C)OB(c2cn(S(C)(=O)=O)c3c(F)cccc23)OC1(C)C.Cc1nnc2n1-c1c(cc(F)c(-c3c[nH]c4c(F)cccc34)c1C(F)F)NC2(C)C.Cc1nnc2n1-c1c(cc(F)c(-c3cn(S(C)(=O)=O)c4c(F)cccc34)c1C(F)F)NC2(C)C.Cc1nnc2n1-c1c(cc(F)c(Br)c1C(F)F)NC2(C)C.[NH-]O.[Na+]. The van der Waals surface area contributed by atoms with Crippen molar-refractivity contribution in [2.75, 3.05) is 28.5 Å². The van der Waals surface area contributed by atoms with Crippen molar-refractivity contribution in [1.82, 2.24) is 57.2 Å². The molecule has 1 fully saturated rings. The summed E-state index contributed by atoms with van der Waals surface area (Å²) in [5, 5.41) is 40.5. The number of halogens is 13. The maximum atomic E-state index is 15.6. The second kappa shape index (κ2) is 29.3. The van der Waals surface area contributed by atoms with Gasteiger partial charge in [-0.3, -0.25) is 13.7 Å². The number of rotatable bonds is 8. The van der Waals surface area contributed by atoms with Crippen LogP contribution in [0.1, 0.15) is 140 Å². The fraction of sp³-hybridized carbons (Fsp3) is 0.324. The Balaban J connectivity index is 0.000000147. The Morgan fingerprint density at radius 3 is 1.24 bits per heavy atom. The summed E-state index contributed by atoms with van der Waals surface area (Å²) >= 11 is 2.92. The molecule has 0 aliphatic carbocycles. The molecule has 6 aromatic carbocycles. The van der Waals surface area contributed by atoms with E-state index in [1.807, 2.05) is 55.4 Å². The summed E-state index contributed by atoms with van der Waals surface area (Å²) in [6, 6.07) is 15.9. The summed E-state index contributed by atoms with van der Waals surface area (Å²) in [5.41, 5.74) is -4.58. The van der Waals surface area contributed by atoms with E-state index in [2.05, 4.69) is 67.5 Å². The third-order valence-electron chi connectivity index (χ3n) is 19.6. The molecule has 23 nitrogen and oxygen atoms in total. The Kier molecular flexibility index (Phi) is 22.0. The molecule has 582 valence electrons. The van der Waals surface area contributed by atoms with Gasteiger partial charge in [-0.15, -0.1) is 30.6 Å². The number of aromatic amines is 1. The molecule has 0 atom stereocenters. The molecular weight excluding hydrogens is 1590 g/mol. The van der Waals surface area contributed by atoms with E-state index < -0.39 is 131 Å². The molecular formula is C71H69BBrF12N16NaO7S2. The number of nitrogens with zero attached hydrogens (tertiary/aromatic N) is 11. The molecule has 0 unspecified atom stereocenters. The van der Waals surface area contributed by atoms with Gasteiger partial charge >= 0.3 is 36.7 Å². The first-order valence-corrected chi connectivity index (χ1v) is 37.8. The van der Waals surface area contributed by atoms with Crippen LogP contribution in [0, 0.1) is 55.7 Å². The average molecular weight is 1660 g/mol. The Bertz CT molecular complexity index is 5970. The second-order valence-corrected chi connectivity index (χ2v) is 33.4. The number of fused-ring (bicyclic) bond motifs is 12. The van der Waals surface area contributed by atoms with Gasteiger partial charge in [0.1, 0.15) is 52.4 Å². The van der Waals surface area contributed by atoms with E-state index in [0.29, 0.717) is 60.8 Å². The zero-order valence-electron chi connectivity index (χ0n) is 62.0. The summed E-state index contributed by atoms with van der Waals surface area (Å²) in [6.07, 6.45) is -3.41. The minimum absolute atomic E-state index is 0. The van der Waals surface area contributed by atoms with Gasteiger partial charge in [-0.1, -0.05) is 36.4 Å². The number of anilines is 3. The standard InChI is InChI=1S/C22H19F4N5O2S.C21H17F4N5.C15H19BFNO4S.C13H12BrF3N4.H2NO.Na/c1-10-28-29-21-22(2,3)27-15-8-14(24)16(17(20(25)26)19(15)31(10)21)12-9-30(34(4,32)33)18-11(12)6-5-7-13(18)23;1-9-28-29-20-21(2,3)27-14-7-13(23)15(16(19(24)25)18(14)30(9)20)11-8-26-17-10(11)5-4-6-12(17)22;1-14(2)15(3,4)22-16(21-14)11-9-18(23(5,19)20)13-10(11)7-6-8-12(13)17;1-5-19-20-12-13(2,3)18-7-4-6(15)9(14)8(11(16)17)10(7)21(5)12;1-2;/h5-9,20,27H,1-4H3;4-8,19,26-27H,1-3H3;6-9H,1-5H3;4,11,18H,1-3H3;1-2H;/q;;;;-1;+1. The van der Waals surface area contributed by atoms with E-state index in [1.165, 1.54) is 64.0 Å². The molecule has 40 heteroatoms. The van der Waals surface area contributed by atoms with Gasteiger partial charge in [0.25, 0.3) is 19.3 Å². The van der Waals surface area contributed by atoms with E-state index in [-0.39, 0.29) is 101 Å². The fourth-order valence-electron chi connectivity index (χ4n) is 14.1. The van der Waals surface area contributed by atoms with Crippen molar-refractivity contribution in [1.29, 1.82) is 0 Å². The number of aromatic nitrogens is 12. The van der Waals surface area contributed by atoms with Crippen molar-refractivity contribution in [3.63, 3.8) is 0 Å². The Labute approximate surface area is 658 Å². The van der Waals surface area contributed by atoms with Gasteiger partial charge in [0, 0.05) is 68.5 Å². The molecule has 10 heterocycles. The van der Waals surface area contributed by atoms with E-state index in [1.54, 1.807) is 57.4 Å². The fourth-order valence-corrected chi connectivity index (χ4v) is 16.2. The molecule has 0 spiro atoms. The van der Waals surface area contributed by atoms with Crippen LogP contribution in [0.3, 0.4) is 0 Å². The Morgan fingerprint density at radius 1 is 0.486 bits per heavy atom. The van der Waals surface area contributed by atoms with Gasteiger partial charge in [0.05, 0.1) is 112 Å². The van der Waals surface area contributed by atoms with Gasteiger partial charge in [-0.2, -0.15) is 0 Å². The van der Waals surface area contributed by atoms with Crippen LogP contribution in [-0.4, -0.2) is 110 Å². The minimum Gasteiger partial charge on any atom is -0.553 e. The van der Waals surface area contributed by atoms with Crippen molar-refractivity contribution in [3.05, 3.63) is 188 Å². The smallest absolute Gasteiger partial charge is 0.553 e. The zero-order valence-corrected chi connectivity index (χ0v) is 67.2. The van der Waals surface area contributed by atoms with Crippen LogP contribution in [0.5, 0.6) is 0 Å². The monoisotopic (exact) mass is 1660 g/mol. The summed E-state index contributed by atoms with van der Waals surface area (Å²) in [6.45, 7) is 23.3. The molecule has 1 saturated heterocycles. The van der Waals surface area contributed by atoms with E-state index >= 15 is 8.78 Å². The van der Waals surface area contributed by atoms with Crippen LogP contribution >= 0.6 is 15.9 Å². The number of alkyl halides is 6. The van der Waals surface area contributed by atoms with Crippen LogP contribution in [0.15, 0.2) is 95.9 Å². The van der Waals surface area contributed by atoms with Crippen molar-refractivity contribution < 1.29 is 114 Å². The predicted octanol–water partition coefficient (Wildman–Crippen LogP) is 13.9. The molecule has 111 heavy (non-hydrogen) atoms. The van der Waals surface area contributed by atoms with Crippen molar-refractivity contribution >= 4 is 98.3 Å². The molecule has 6 aromatic heterocycles. The molecule has 0 saturated carbocycles. The molecule has 0 radical (unpaired) electrons. The van der Waals surface area contributed by atoms with Crippen molar-refractivity contribution in [3.8, 4) is 39.3 Å². The number of benzene rings is 6. The first kappa shape index (κ1) is 83.1. The van der Waals surface area contributed by atoms with Crippen molar-refractivity contribution in [2.45, 2.75) is 137 Å². The molecule has 12 aromatic rings. The Morgan fingerprint density at radius 2 is 0.838 bits per heavy atom. The molecule has 0 bridgehead atoms. The first-order chi connectivity index (χ1) is 51.2. The first-order valence-electron chi connectivity index (χ1n) is 33.3.